The Hall–Kier alpha value is -6.38. The van der Waals surface area contributed by atoms with Gasteiger partial charge in [0.1, 0.15) is 39.9 Å². The maximum absolute atomic E-state index is 14.4. The number of hydrogen-bond acceptors (Lipinski definition) is 10. The van der Waals surface area contributed by atoms with Crippen LogP contribution in [0.1, 0.15) is 85.4 Å². The summed E-state index contributed by atoms with van der Waals surface area (Å²) in [6.45, 7) is 15.1. The zero-order chi connectivity index (χ0) is 42.7. The van der Waals surface area contributed by atoms with E-state index in [1.807, 2.05) is 91.0 Å². The molecule has 0 aliphatic carbocycles. The zero-order valence-electron chi connectivity index (χ0n) is 34.9. The van der Waals surface area contributed by atoms with Crippen LogP contribution in [0.15, 0.2) is 102 Å². The lowest BCUT2D eigenvalue weighted by molar-refractivity contribution is -0.117. The quantitative estimate of drug-likeness (QED) is 0.0445. The Morgan fingerprint density at radius 3 is 1.48 bits per heavy atom. The average molecular weight is 797 g/mol. The van der Waals surface area contributed by atoms with Crippen molar-refractivity contribution >= 4 is 41.7 Å². The van der Waals surface area contributed by atoms with E-state index in [9.17, 15) is 19.2 Å². The molecule has 5 N–H and O–H groups in total. The van der Waals surface area contributed by atoms with Gasteiger partial charge < -0.3 is 30.2 Å². The van der Waals surface area contributed by atoms with Gasteiger partial charge >= 0.3 is 18.3 Å². The normalized spacial score (nSPS) is 12.3. The smallest absolute Gasteiger partial charge is 0.414 e. The summed E-state index contributed by atoms with van der Waals surface area (Å²) < 4.78 is 17.8. The highest BCUT2D eigenvalue weighted by atomic mass is 16.6. The minimum absolute atomic E-state index is 0.0695. The third-order valence-electron chi connectivity index (χ3n) is 8.04. The number of benzene rings is 3. The van der Waals surface area contributed by atoms with Gasteiger partial charge in [-0.3, -0.25) is 20.1 Å². The molecular weight excluding hydrogens is 741 g/mol. The van der Waals surface area contributed by atoms with Crippen molar-refractivity contribution in [3.05, 3.63) is 114 Å². The third-order valence-corrected chi connectivity index (χ3v) is 8.04. The van der Waals surface area contributed by atoms with Crippen molar-refractivity contribution < 1.29 is 33.4 Å². The summed E-state index contributed by atoms with van der Waals surface area (Å²) in [5, 5.41) is 18.7. The summed E-state index contributed by atoms with van der Waals surface area (Å²) in [6.07, 6.45) is -1.17. The molecule has 0 saturated carbocycles. The van der Waals surface area contributed by atoms with Crippen molar-refractivity contribution in [2.45, 2.75) is 97.1 Å². The van der Waals surface area contributed by atoms with Crippen LogP contribution >= 0.6 is 0 Å². The number of ether oxygens (including phenoxy) is 3. The number of anilines is 2. The molecule has 4 rings (SSSR count). The van der Waals surface area contributed by atoms with E-state index in [0.717, 1.165) is 16.7 Å². The van der Waals surface area contributed by atoms with E-state index in [0.29, 0.717) is 11.5 Å². The number of guanidine groups is 1. The molecule has 4 aromatic rings. The van der Waals surface area contributed by atoms with Crippen LogP contribution in [-0.4, -0.2) is 69.3 Å². The summed E-state index contributed by atoms with van der Waals surface area (Å²) >= 11 is 0. The van der Waals surface area contributed by atoms with Crippen LogP contribution in [0.4, 0.5) is 25.9 Å². The molecule has 0 spiro atoms. The van der Waals surface area contributed by atoms with Crippen molar-refractivity contribution in [3.63, 3.8) is 0 Å². The van der Waals surface area contributed by atoms with E-state index in [4.69, 9.17) is 14.2 Å². The van der Waals surface area contributed by atoms with E-state index < -0.39 is 58.5 Å². The SMILES string of the molecule is Cn1ncc(NC(=O)[C@H](CCNC(=O)OC(C)(C)C)N=C(NC(=O)OC(C)(C)C)NC(=O)OC(C)(C)C)c1NC(c1ccccc1)(c1ccccc1)c1ccccc1. The second kappa shape index (κ2) is 18.7. The van der Waals surface area contributed by atoms with E-state index in [1.165, 1.54) is 6.20 Å². The van der Waals surface area contributed by atoms with Gasteiger partial charge in [0.05, 0.1) is 6.20 Å². The summed E-state index contributed by atoms with van der Waals surface area (Å²) in [5.74, 6) is -0.610. The highest BCUT2D eigenvalue weighted by Gasteiger charge is 2.38. The second-order valence-corrected chi connectivity index (χ2v) is 16.5. The number of aliphatic imine (C=N–C) groups is 1. The molecule has 1 atom stereocenters. The molecule has 0 fully saturated rings. The Labute approximate surface area is 340 Å². The number of hydrogen-bond donors (Lipinski definition) is 5. The topological polar surface area (TPSA) is 186 Å². The Morgan fingerprint density at radius 1 is 0.655 bits per heavy atom. The minimum Gasteiger partial charge on any atom is -0.444 e. The van der Waals surface area contributed by atoms with Gasteiger partial charge in [0.25, 0.3) is 0 Å². The van der Waals surface area contributed by atoms with Crippen LogP contribution in [0.5, 0.6) is 0 Å². The van der Waals surface area contributed by atoms with Crippen LogP contribution in [0.25, 0.3) is 0 Å². The Morgan fingerprint density at radius 2 is 1.07 bits per heavy atom. The summed E-state index contributed by atoms with van der Waals surface area (Å²) in [7, 11) is 1.75. The van der Waals surface area contributed by atoms with E-state index in [-0.39, 0.29) is 13.0 Å². The lowest BCUT2D eigenvalue weighted by Crippen LogP contribution is -2.48. The number of carbonyl (C=O) groups excluding carboxylic acids is 4. The van der Waals surface area contributed by atoms with Crippen molar-refractivity contribution in [3.8, 4) is 0 Å². The van der Waals surface area contributed by atoms with Gasteiger partial charge in [-0.25, -0.2) is 19.4 Å². The first-order valence-electron chi connectivity index (χ1n) is 19.0. The van der Waals surface area contributed by atoms with Crippen LogP contribution in [0, 0.1) is 0 Å². The molecule has 58 heavy (non-hydrogen) atoms. The number of amides is 4. The number of aromatic nitrogens is 2. The van der Waals surface area contributed by atoms with Gasteiger partial charge in [0, 0.05) is 13.6 Å². The predicted molar refractivity (Wildman–Crippen MR) is 223 cm³/mol. The minimum atomic E-state index is -1.31. The molecule has 0 aliphatic heterocycles. The molecule has 0 bridgehead atoms. The largest absolute Gasteiger partial charge is 0.444 e. The molecule has 15 heteroatoms. The highest BCUT2D eigenvalue weighted by Crippen LogP contribution is 2.41. The van der Waals surface area contributed by atoms with E-state index >= 15 is 0 Å². The highest BCUT2D eigenvalue weighted by molar-refractivity contribution is 6.04. The lowest BCUT2D eigenvalue weighted by Gasteiger charge is -2.38. The van der Waals surface area contributed by atoms with Gasteiger partial charge in [-0.1, -0.05) is 91.0 Å². The molecule has 310 valence electrons. The third kappa shape index (κ3) is 13.1. The summed E-state index contributed by atoms with van der Waals surface area (Å²) in [5.41, 5.74) is -0.442. The molecule has 0 unspecified atom stereocenters. The van der Waals surface area contributed by atoms with Crippen molar-refractivity contribution in [2.75, 3.05) is 17.2 Å². The van der Waals surface area contributed by atoms with Gasteiger partial charge in [-0.05, 0) is 85.4 Å². The monoisotopic (exact) mass is 796 g/mol. The molecular formula is C43H56N8O7. The number of rotatable bonds is 11. The standard InChI is InChI=1S/C43H56N8O7/c1-40(2,3)56-37(53)44-27-26-32(47-36(48-38(54)57-41(4,5)6)49-39(55)58-42(7,8)9)35(52)46-33-28-45-51(10)34(33)50-43(29-20-14-11-15-21-29,30-22-16-12-17-23-30)31-24-18-13-19-25-31/h11-25,28,32,50H,26-27H2,1-10H3,(H,44,53)(H,46,52)(H2,47,48,49,54,55)/t32-/m0/s1. The average Bonchev–Trinajstić information content (AvgIpc) is 3.46. The van der Waals surface area contributed by atoms with Gasteiger partial charge in [0.15, 0.2) is 0 Å². The molecule has 1 heterocycles. The number of carbonyl (C=O) groups is 4. The first-order valence-corrected chi connectivity index (χ1v) is 19.0. The number of nitrogens with one attached hydrogen (secondary N) is 5. The Bertz CT molecular complexity index is 1900. The van der Waals surface area contributed by atoms with Crippen LogP contribution in [0.3, 0.4) is 0 Å². The fraction of sp³-hybridized carbons (Fsp3) is 0.395. The van der Waals surface area contributed by atoms with Crippen molar-refractivity contribution in [1.82, 2.24) is 25.7 Å². The maximum atomic E-state index is 14.4. The molecule has 3 aromatic carbocycles. The van der Waals surface area contributed by atoms with Gasteiger partial charge in [-0.2, -0.15) is 5.10 Å². The van der Waals surface area contributed by atoms with Gasteiger partial charge in [0.2, 0.25) is 11.9 Å². The second-order valence-electron chi connectivity index (χ2n) is 16.5. The summed E-state index contributed by atoms with van der Waals surface area (Å²) in [4.78, 5) is 57.3. The van der Waals surface area contributed by atoms with E-state index in [1.54, 1.807) is 74.0 Å². The fourth-order valence-electron chi connectivity index (χ4n) is 5.78. The van der Waals surface area contributed by atoms with Crippen LogP contribution < -0.4 is 26.6 Å². The number of nitrogens with zero attached hydrogens (tertiary/aromatic N) is 3. The Balaban J connectivity index is 1.77. The first-order chi connectivity index (χ1) is 27.1. The van der Waals surface area contributed by atoms with Crippen molar-refractivity contribution in [1.29, 1.82) is 0 Å². The molecule has 4 amide bonds. The lowest BCUT2D eigenvalue weighted by atomic mass is 9.77. The van der Waals surface area contributed by atoms with Crippen LogP contribution in [0.2, 0.25) is 0 Å². The maximum Gasteiger partial charge on any atom is 0.414 e. The Kier molecular flexibility index (Phi) is 14.3. The molecule has 15 nitrogen and oxygen atoms in total. The molecule has 0 radical (unpaired) electrons. The summed E-state index contributed by atoms with van der Waals surface area (Å²) in [6, 6.07) is 28.5. The zero-order valence-corrected chi connectivity index (χ0v) is 34.9. The van der Waals surface area contributed by atoms with Crippen LogP contribution in [-0.2, 0) is 31.6 Å². The number of aryl methyl sites for hydroxylation is 1. The molecule has 0 aliphatic rings. The van der Waals surface area contributed by atoms with Gasteiger partial charge in [-0.15, -0.1) is 0 Å². The fourth-order valence-corrected chi connectivity index (χ4v) is 5.78. The number of alkyl carbamates (subject to hydrolysis) is 3. The van der Waals surface area contributed by atoms with E-state index in [2.05, 4.69) is 36.7 Å². The predicted octanol–water partition coefficient (Wildman–Crippen LogP) is 7.45. The van der Waals surface area contributed by atoms with Crippen molar-refractivity contribution in [2.24, 2.45) is 12.0 Å². The first kappa shape index (κ1) is 44.3. The molecule has 1 aromatic heterocycles. The molecule has 0 saturated heterocycles.